The van der Waals surface area contributed by atoms with E-state index in [9.17, 15) is 13.6 Å². The van der Waals surface area contributed by atoms with Crippen molar-refractivity contribution in [1.29, 1.82) is 0 Å². The zero-order valence-electron chi connectivity index (χ0n) is 10.7. The van der Waals surface area contributed by atoms with Crippen molar-refractivity contribution in [2.24, 2.45) is 0 Å². The fourth-order valence-electron chi connectivity index (χ4n) is 1.52. The van der Waals surface area contributed by atoms with Crippen molar-refractivity contribution in [1.82, 2.24) is 5.32 Å². The number of rotatable bonds is 5. The molecule has 0 radical (unpaired) electrons. The van der Waals surface area contributed by atoms with Crippen molar-refractivity contribution in [2.75, 3.05) is 7.11 Å². The molecule has 1 amide bonds. The van der Waals surface area contributed by atoms with E-state index in [2.05, 4.69) is 5.32 Å². The van der Waals surface area contributed by atoms with E-state index in [1.807, 2.05) is 12.1 Å². The summed E-state index contributed by atoms with van der Waals surface area (Å²) in [6.45, 7) is 2.27. The van der Waals surface area contributed by atoms with Crippen molar-refractivity contribution >= 4 is 5.91 Å². The van der Waals surface area contributed by atoms with E-state index in [1.165, 1.54) is 0 Å². The van der Waals surface area contributed by atoms with Crippen LogP contribution in [0, 0.1) is 0 Å². The number of hydrogen-bond acceptors (Lipinski definition) is 2. The molecule has 18 heavy (non-hydrogen) atoms. The van der Waals surface area contributed by atoms with Gasteiger partial charge in [-0.1, -0.05) is 12.1 Å². The molecule has 3 nitrogen and oxygen atoms in total. The molecule has 0 aliphatic carbocycles. The van der Waals surface area contributed by atoms with E-state index < -0.39 is 11.8 Å². The number of methoxy groups -OCH3 is 1. The van der Waals surface area contributed by atoms with Gasteiger partial charge in [-0.15, -0.1) is 0 Å². The molecule has 0 heterocycles. The normalized spacial score (nSPS) is 12.9. The van der Waals surface area contributed by atoms with Crippen LogP contribution in [-0.2, 0) is 11.2 Å². The molecule has 0 saturated heterocycles. The Morgan fingerprint density at radius 1 is 1.39 bits per heavy atom. The van der Waals surface area contributed by atoms with Crippen LogP contribution in [0.5, 0.6) is 5.75 Å². The number of carbonyl (C=O) groups is 1. The van der Waals surface area contributed by atoms with Crippen LogP contribution in [0.25, 0.3) is 0 Å². The largest absolute Gasteiger partial charge is 0.497 e. The molecule has 0 fully saturated rings. The molecule has 0 saturated carbocycles. The fraction of sp³-hybridized carbons (Fsp3) is 0.462. The monoisotopic (exact) mass is 257 g/mol. The van der Waals surface area contributed by atoms with Gasteiger partial charge in [0.1, 0.15) is 5.75 Å². The molecule has 1 aromatic carbocycles. The number of halogens is 2. The summed E-state index contributed by atoms with van der Waals surface area (Å²) in [6.07, 6.45) is 0.492. The van der Waals surface area contributed by atoms with Crippen LogP contribution in [0.2, 0.25) is 0 Å². The van der Waals surface area contributed by atoms with Gasteiger partial charge >= 0.3 is 5.92 Å². The number of hydrogen-bond donors (Lipinski definition) is 1. The Morgan fingerprint density at radius 3 is 2.39 bits per heavy atom. The maximum atomic E-state index is 12.7. The number of amides is 1. The predicted molar refractivity (Wildman–Crippen MR) is 64.9 cm³/mol. The van der Waals surface area contributed by atoms with Crippen LogP contribution >= 0.6 is 0 Å². The highest BCUT2D eigenvalue weighted by atomic mass is 19.3. The van der Waals surface area contributed by atoms with Gasteiger partial charge < -0.3 is 10.1 Å². The van der Waals surface area contributed by atoms with Gasteiger partial charge in [-0.05, 0) is 31.0 Å². The number of carbonyl (C=O) groups excluding carboxylic acids is 1. The summed E-state index contributed by atoms with van der Waals surface area (Å²) in [4.78, 5) is 11.1. The summed E-state index contributed by atoms with van der Waals surface area (Å²) in [7, 11) is 1.57. The molecule has 1 atom stereocenters. The highest BCUT2D eigenvalue weighted by molar-refractivity contribution is 5.83. The summed E-state index contributed by atoms with van der Waals surface area (Å²) in [6, 6.07) is 6.91. The average molecular weight is 257 g/mol. The number of nitrogens with one attached hydrogen (secondary N) is 1. The third-order valence-corrected chi connectivity index (χ3v) is 2.48. The lowest BCUT2D eigenvalue weighted by Gasteiger charge is -2.17. The topological polar surface area (TPSA) is 38.3 Å². The van der Waals surface area contributed by atoms with Gasteiger partial charge in [-0.3, -0.25) is 4.79 Å². The number of ether oxygens (including phenoxy) is 1. The minimum absolute atomic E-state index is 0.350. The molecule has 5 heteroatoms. The van der Waals surface area contributed by atoms with Crippen molar-refractivity contribution in [2.45, 2.75) is 32.2 Å². The molecule has 100 valence electrons. The summed E-state index contributed by atoms with van der Waals surface area (Å²) >= 11 is 0. The first-order valence-corrected chi connectivity index (χ1v) is 5.64. The lowest BCUT2D eigenvalue weighted by molar-refractivity contribution is -0.143. The molecule has 0 aliphatic heterocycles. The second kappa shape index (κ2) is 5.80. The van der Waals surface area contributed by atoms with Gasteiger partial charge in [0.2, 0.25) is 0 Å². The van der Waals surface area contributed by atoms with E-state index in [4.69, 9.17) is 4.74 Å². The van der Waals surface area contributed by atoms with Crippen LogP contribution in [0.3, 0.4) is 0 Å². The molecule has 0 aliphatic rings. The van der Waals surface area contributed by atoms with Gasteiger partial charge in [0.15, 0.2) is 0 Å². The molecule has 1 N–H and O–H groups in total. The van der Waals surface area contributed by atoms with E-state index in [0.717, 1.165) is 11.3 Å². The zero-order chi connectivity index (χ0) is 13.8. The van der Waals surface area contributed by atoms with Gasteiger partial charge in [-0.25, -0.2) is 0 Å². The highest BCUT2D eigenvalue weighted by Gasteiger charge is 2.32. The van der Waals surface area contributed by atoms with Crippen molar-refractivity contribution in [3.05, 3.63) is 29.8 Å². The van der Waals surface area contributed by atoms with E-state index in [-0.39, 0.29) is 6.04 Å². The Bertz CT molecular complexity index is 398. The Morgan fingerprint density at radius 2 is 1.94 bits per heavy atom. The highest BCUT2D eigenvalue weighted by Crippen LogP contribution is 2.14. The van der Waals surface area contributed by atoms with Crippen molar-refractivity contribution in [3.8, 4) is 5.75 Å². The van der Waals surface area contributed by atoms with Crippen LogP contribution in [0.4, 0.5) is 8.78 Å². The molecule has 0 unspecified atom stereocenters. The van der Waals surface area contributed by atoms with Crippen LogP contribution in [0.1, 0.15) is 19.4 Å². The lowest BCUT2D eigenvalue weighted by Crippen LogP contribution is -2.43. The van der Waals surface area contributed by atoms with Crippen LogP contribution < -0.4 is 10.1 Å². The second-order valence-electron chi connectivity index (χ2n) is 4.32. The maximum Gasteiger partial charge on any atom is 0.321 e. The minimum Gasteiger partial charge on any atom is -0.497 e. The summed E-state index contributed by atoms with van der Waals surface area (Å²) in [5.41, 5.74) is 0.947. The average Bonchev–Trinajstić information content (AvgIpc) is 2.28. The Kier molecular flexibility index (Phi) is 4.64. The third-order valence-electron chi connectivity index (χ3n) is 2.48. The minimum atomic E-state index is -3.34. The first kappa shape index (κ1) is 14.4. The lowest BCUT2D eigenvalue weighted by atomic mass is 10.1. The molecule has 1 rings (SSSR count). The van der Waals surface area contributed by atoms with Gasteiger partial charge in [0, 0.05) is 13.0 Å². The standard InChI is InChI=1S/C13H17F2NO2/c1-9(16-12(17)13(2,14)15)8-10-4-6-11(18-3)7-5-10/h4-7,9H,8H2,1-3H3,(H,16,17)/t9-/m1/s1. The first-order valence-electron chi connectivity index (χ1n) is 5.64. The van der Waals surface area contributed by atoms with Crippen LogP contribution in [-0.4, -0.2) is 25.0 Å². The van der Waals surface area contributed by atoms with Crippen molar-refractivity contribution < 1.29 is 18.3 Å². The van der Waals surface area contributed by atoms with Crippen LogP contribution in [0.15, 0.2) is 24.3 Å². The number of benzene rings is 1. The fourth-order valence-corrected chi connectivity index (χ4v) is 1.52. The second-order valence-corrected chi connectivity index (χ2v) is 4.32. The van der Waals surface area contributed by atoms with Gasteiger partial charge in [-0.2, -0.15) is 8.78 Å². The first-order chi connectivity index (χ1) is 8.32. The molecular weight excluding hydrogens is 240 g/mol. The Labute approximate surface area is 105 Å². The Hall–Kier alpha value is -1.65. The third kappa shape index (κ3) is 4.31. The van der Waals surface area contributed by atoms with Crippen molar-refractivity contribution in [3.63, 3.8) is 0 Å². The Balaban J connectivity index is 2.54. The molecular formula is C13H17F2NO2. The molecule has 0 aromatic heterocycles. The summed E-state index contributed by atoms with van der Waals surface area (Å²) < 4.78 is 30.4. The maximum absolute atomic E-state index is 12.7. The number of alkyl halides is 2. The SMILES string of the molecule is COc1ccc(C[C@@H](C)NC(=O)C(C)(F)F)cc1. The summed E-state index contributed by atoms with van der Waals surface area (Å²) in [5.74, 6) is -3.85. The molecule has 0 bridgehead atoms. The smallest absolute Gasteiger partial charge is 0.321 e. The van der Waals surface area contributed by atoms with E-state index in [1.54, 1.807) is 26.2 Å². The zero-order valence-corrected chi connectivity index (χ0v) is 10.7. The van der Waals surface area contributed by atoms with E-state index >= 15 is 0 Å². The van der Waals surface area contributed by atoms with Gasteiger partial charge in [0.05, 0.1) is 7.11 Å². The quantitative estimate of drug-likeness (QED) is 0.879. The van der Waals surface area contributed by atoms with E-state index in [0.29, 0.717) is 13.3 Å². The predicted octanol–water partition coefficient (Wildman–Crippen LogP) is 2.40. The summed E-state index contributed by atoms with van der Waals surface area (Å²) in [5, 5.41) is 2.28. The molecule has 0 spiro atoms. The van der Waals surface area contributed by atoms with Gasteiger partial charge in [0.25, 0.3) is 5.91 Å². The molecule has 1 aromatic rings.